The predicted octanol–water partition coefficient (Wildman–Crippen LogP) is 2.67. The van der Waals surface area contributed by atoms with Gasteiger partial charge in [-0.25, -0.2) is 0 Å². The Balaban J connectivity index is 3.26. The van der Waals surface area contributed by atoms with Crippen molar-refractivity contribution in [3.63, 3.8) is 0 Å². The molecule has 19 heavy (non-hydrogen) atoms. The first-order valence-electron chi connectivity index (χ1n) is 6.14. The normalized spacial score (nSPS) is 10.4. The summed E-state index contributed by atoms with van der Waals surface area (Å²) in [7, 11) is 0. The number of hydrogen-bond donors (Lipinski definition) is 1. The van der Waals surface area contributed by atoms with E-state index in [4.69, 9.17) is 15.3 Å². The molecule has 0 amide bonds. The fourth-order valence-corrected chi connectivity index (χ4v) is 1.72. The van der Waals surface area contributed by atoms with E-state index in [1.807, 2.05) is 25.1 Å². The van der Waals surface area contributed by atoms with Gasteiger partial charge >= 0.3 is 0 Å². The van der Waals surface area contributed by atoms with E-state index in [2.05, 4.69) is 18.3 Å². The monoisotopic (exact) mass is 260 g/mol. The number of nitrogens with two attached hydrogens (primary N) is 1. The maximum atomic E-state index is 5.69. The molecule has 4 nitrogen and oxygen atoms in total. The Morgan fingerprint density at radius 2 is 2.05 bits per heavy atom. The van der Waals surface area contributed by atoms with Crippen molar-refractivity contribution >= 4 is 6.21 Å². The van der Waals surface area contributed by atoms with Crippen LogP contribution in [0.4, 0.5) is 0 Å². The van der Waals surface area contributed by atoms with Crippen molar-refractivity contribution in [1.29, 1.82) is 0 Å². The van der Waals surface area contributed by atoms with E-state index in [-0.39, 0.29) is 0 Å². The summed E-state index contributed by atoms with van der Waals surface area (Å²) in [5, 5.41) is 3.54. The zero-order valence-electron chi connectivity index (χ0n) is 11.3. The van der Waals surface area contributed by atoms with Crippen LogP contribution in [0.25, 0.3) is 0 Å². The van der Waals surface area contributed by atoms with Crippen LogP contribution in [0.3, 0.4) is 0 Å². The van der Waals surface area contributed by atoms with Gasteiger partial charge in [-0.05, 0) is 31.0 Å². The first kappa shape index (κ1) is 14.8. The van der Waals surface area contributed by atoms with E-state index in [1.54, 1.807) is 12.3 Å². The van der Waals surface area contributed by atoms with Gasteiger partial charge in [0.05, 0.1) is 12.8 Å². The van der Waals surface area contributed by atoms with Crippen LogP contribution in [0.2, 0.25) is 0 Å². The van der Waals surface area contributed by atoms with Crippen LogP contribution in [0.1, 0.15) is 18.1 Å². The Morgan fingerprint density at radius 1 is 1.26 bits per heavy atom. The molecular formula is C15H20N2O2. The Kier molecular flexibility index (Phi) is 6.22. The highest BCUT2D eigenvalue weighted by Crippen LogP contribution is 2.33. The third kappa shape index (κ3) is 4.17. The van der Waals surface area contributed by atoms with Crippen LogP contribution >= 0.6 is 0 Å². The molecule has 4 heteroatoms. The minimum atomic E-state index is 0.425. The minimum absolute atomic E-state index is 0.425. The fourth-order valence-electron chi connectivity index (χ4n) is 1.72. The molecule has 0 aromatic heterocycles. The molecule has 0 saturated carbocycles. The van der Waals surface area contributed by atoms with E-state index in [0.29, 0.717) is 25.4 Å². The van der Waals surface area contributed by atoms with Crippen molar-refractivity contribution < 1.29 is 9.47 Å². The molecule has 0 aliphatic rings. The summed E-state index contributed by atoms with van der Waals surface area (Å²) in [5.74, 6) is 6.59. The largest absolute Gasteiger partial charge is 0.490 e. The van der Waals surface area contributed by atoms with Crippen LogP contribution in [0.5, 0.6) is 11.5 Å². The van der Waals surface area contributed by atoms with Crippen LogP contribution in [-0.2, 0) is 6.42 Å². The second-order valence-electron chi connectivity index (χ2n) is 3.81. The summed E-state index contributed by atoms with van der Waals surface area (Å²) >= 11 is 0. The van der Waals surface area contributed by atoms with Crippen LogP contribution in [0, 0.1) is 0 Å². The highest BCUT2D eigenvalue weighted by atomic mass is 16.5. The lowest BCUT2D eigenvalue weighted by atomic mass is 10.1. The number of benzene rings is 1. The van der Waals surface area contributed by atoms with E-state index in [0.717, 1.165) is 16.9 Å². The standard InChI is InChI=1S/C15H20N2O2/c1-4-7-13-9-12(11-17-16)10-14(18-6-3)15(13)19-8-5-2/h4-5,9-11H,1-2,6-8,16H2,3H3. The van der Waals surface area contributed by atoms with Crippen LogP contribution in [0.15, 0.2) is 42.5 Å². The number of allylic oxidation sites excluding steroid dienone is 1. The van der Waals surface area contributed by atoms with Gasteiger partial charge in [-0.1, -0.05) is 18.7 Å². The molecule has 0 aliphatic carbocycles. The highest BCUT2D eigenvalue weighted by Gasteiger charge is 2.12. The zero-order chi connectivity index (χ0) is 14.1. The van der Waals surface area contributed by atoms with E-state index in [1.165, 1.54) is 0 Å². The van der Waals surface area contributed by atoms with Gasteiger partial charge < -0.3 is 15.3 Å². The zero-order valence-corrected chi connectivity index (χ0v) is 11.3. The lowest BCUT2D eigenvalue weighted by molar-refractivity contribution is 0.295. The SMILES string of the molecule is C=CCOc1c(CC=C)cc(C=NN)cc1OCC. The first-order valence-corrected chi connectivity index (χ1v) is 6.14. The van der Waals surface area contributed by atoms with Gasteiger partial charge in [0.15, 0.2) is 11.5 Å². The molecule has 102 valence electrons. The van der Waals surface area contributed by atoms with Gasteiger partial charge in [0.1, 0.15) is 6.61 Å². The van der Waals surface area contributed by atoms with Crippen molar-refractivity contribution in [3.8, 4) is 11.5 Å². The quantitative estimate of drug-likeness (QED) is 0.338. The molecule has 0 saturated heterocycles. The van der Waals surface area contributed by atoms with Gasteiger partial charge in [-0.15, -0.1) is 6.58 Å². The second kappa shape index (κ2) is 7.97. The third-order valence-corrected chi connectivity index (χ3v) is 2.39. The van der Waals surface area contributed by atoms with Crippen LogP contribution < -0.4 is 15.3 Å². The summed E-state index contributed by atoms with van der Waals surface area (Å²) in [6.07, 6.45) is 5.77. The number of hydrazone groups is 1. The number of hydrogen-bond acceptors (Lipinski definition) is 4. The average molecular weight is 260 g/mol. The molecule has 0 atom stereocenters. The Bertz CT molecular complexity index is 467. The summed E-state index contributed by atoms with van der Waals surface area (Å²) in [6.45, 7) is 10.3. The summed E-state index contributed by atoms with van der Waals surface area (Å²) < 4.78 is 11.3. The number of rotatable bonds is 8. The Hall–Kier alpha value is -2.23. The lowest BCUT2D eigenvalue weighted by Gasteiger charge is -2.15. The third-order valence-electron chi connectivity index (χ3n) is 2.39. The first-order chi connectivity index (χ1) is 9.26. The molecule has 1 aromatic rings. The van der Waals surface area contributed by atoms with Crippen molar-refractivity contribution in [2.24, 2.45) is 10.9 Å². The van der Waals surface area contributed by atoms with Gasteiger partial charge in [0.25, 0.3) is 0 Å². The molecule has 0 radical (unpaired) electrons. The molecule has 1 rings (SSSR count). The fraction of sp³-hybridized carbons (Fsp3) is 0.267. The minimum Gasteiger partial charge on any atom is -0.490 e. The molecule has 0 aliphatic heterocycles. The van der Waals surface area contributed by atoms with Gasteiger partial charge in [-0.2, -0.15) is 5.10 Å². The Labute approximate surface area is 114 Å². The van der Waals surface area contributed by atoms with Gasteiger partial charge in [-0.3, -0.25) is 0 Å². The lowest BCUT2D eigenvalue weighted by Crippen LogP contribution is -2.03. The number of nitrogens with zero attached hydrogens (tertiary/aromatic N) is 1. The summed E-state index contributed by atoms with van der Waals surface area (Å²) in [4.78, 5) is 0. The van der Waals surface area contributed by atoms with Crippen molar-refractivity contribution in [3.05, 3.63) is 48.6 Å². The summed E-state index contributed by atoms with van der Waals surface area (Å²) in [6, 6.07) is 3.81. The maximum absolute atomic E-state index is 5.69. The molecule has 2 N–H and O–H groups in total. The molecule has 0 heterocycles. The molecule has 1 aromatic carbocycles. The number of ether oxygens (including phenoxy) is 2. The van der Waals surface area contributed by atoms with Gasteiger partial charge in [0.2, 0.25) is 0 Å². The Morgan fingerprint density at radius 3 is 2.63 bits per heavy atom. The average Bonchev–Trinajstić information content (AvgIpc) is 2.39. The molecule has 0 spiro atoms. The smallest absolute Gasteiger partial charge is 0.165 e. The van der Waals surface area contributed by atoms with Crippen LogP contribution in [-0.4, -0.2) is 19.4 Å². The molecule has 0 fully saturated rings. The van der Waals surface area contributed by atoms with Gasteiger partial charge in [0, 0.05) is 5.56 Å². The maximum Gasteiger partial charge on any atom is 0.165 e. The van der Waals surface area contributed by atoms with E-state index in [9.17, 15) is 0 Å². The second-order valence-corrected chi connectivity index (χ2v) is 3.81. The molecule has 0 bridgehead atoms. The van der Waals surface area contributed by atoms with E-state index >= 15 is 0 Å². The van der Waals surface area contributed by atoms with Crippen molar-refractivity contribution in [1.82, 2.24) is 0 Å². The van der Waals surface area contributed by atoms with Crippen molar-refractivity contribution in [2.45, 2.75) is 13.3 Å². The highest BCUT2D eigenvalue weighted by molar-refractivity contribution is 5.81. The predicted molar refractivity (Wildman–Crippen MR) is 79.0 cm³/mol. The molecule has 0 unspecified atom stereocenters. The van der Waals surface area contributed by atoms with Crippen molar-refractivity contribution in [2.75, 3.05) is 13.2 Å². The van der Waals surface area contributed by atoms with E-state index < -0.39 is 0 Å². The topological polar surface area (TPSA) is 56.8 Å². The summed E-state index contributed by atoms with van der Waals surface area (Å²) in [5.41, 5.74) is 1.85. The molecular weight excluding hydrogens is 240 g/mol.